The van der Waals surface area contributed by atoms with Gasteiger partial charge in [0, 0.05) is 30.9 Å². The Morgan fingerprint density at radius 3 is 1.78 bits per heavy atom. The Morgan fingerprint density at radius 2 is 1.31 bits per heavy atom. The van der Waals surface area contributed by atoms with Crippen LogP contribution in [0.15, 0.2) is 78.4 Å². The maximum absolute atomic E-state index is 8.49. The van der Waals surface area contributed by atoms with Gasteiger partial charge in [0.2, 0.25) is 0 Å². The van der Waals surface area contributed by atoms with Gasteiger partial charge in [-0.3, -0.25) is 0 Å². The van der Waals surface area contributed by atoms with Crippen LogP contribution in [0.2, 0.25) is 0 Å². The average Bonchev–Trinajstić information content (AvgIpc) is 2.76. The second-order valence-corrected chi connectivity index (χ2v) is 7.57. The fraction of sp³-hybridized carbons (Fsp3) is 0.320. The molecule has 0 amide bonds. The van der Waals surface area contributed by atoms with E-state index in [0.717, 1.165) is 26.2 Å². The van der Waals surface area contributed by atoms with Crippen LogP contribution in [-0.2, 0) is 0 Å². The second-order valence-electron chi connectivity index (χ2n) is 6.82. The molecular weight excluding hydrogens is 428 g/mol. The molecule has 1 aromatic carbocycles. The van der Waals surface area contributed by atoms with Crippen LogP contribution >= 0.6 is 0 Å². The number of hydrogen-bond donors (Lipinski definition) is 0. The summed E-state index contributed by atoms with van der Waals surface area (Å²) in [5, 5.41) is 0. The number of rotatable bonds is 8. The molecule has 1 aromatic rings. The quantitative estimate of drug-likeness (QED) is 0.424. The van der Waals surface area contributed by atoms with Crippen LogP contribution in [0, 0.1) is 10.2 Å². The van der Waals surface area contributed by atoms with Gasteiger partial charge in [0.05, 0.1) is 0 Å². The largest absolute Gasteiger partial charge is 0.372 e. The van der Waals surface area contributed by atoms with Crippen molar-refractivity contribution in [3.63, 3.8) is 0 Å². The van der Waals surface area contributed by atoms with Gasteiger partial charge in [-0.15, -0.1) is 10.2 Å². The highest BCUT2D eigenvalue weighted by Crippen LogP contribution is 2.15. The van der Waals surface area contributed by atoms with Gasteiger partial charge in [-0.05, 0) is 63.1 Å². The van der Waals surface area contributed by atoms with Gasteiger partial charge in [0.1, 0.15) is 13.1 Å². The fourth-order valence-electron chi connectivity index (χ4n) is 3.17. The molecule has 0 saturated heterocycles. The van der Waals surface area contributed by atoms with E-state index >= 15 is 0 Å². The molecule has 174 valence electrons. The van der Waals surface area contributed by atoms with Crippen LogP contribution in [0.25, 0.3) is 6.08 Å². The molecule has 1 aliphatic carbocycles. The molecule has 0 heterocycles. The summed E-state index contributed by atoms with van der Waals surface area (Å²) >= 11 is 0. The lowest BCUT2D eigenvalue weighted by Gasteiger charge is -2.20. The normalized spacial score (nSPS) is 13.5. The summed E-state index contributed by atoms with van der Waals surface area (Å²) in [5.41, 5.74) is 5.02. The molecule has 0 saturated carbocycles. The van der Waals surface area contributed by atoms with Gasteiger partial charge < -0.3 is 4.90 Å². The zero-order valence-electron chi connectivity index (χ0n) is 19.2. The topological polar surface area (TPSA) is 98.5 Å². The lowest BCUT2D eigenvalue weighted by atomic mass is 10.1. The van der Waals surface area contributed by atoms with E-state index in [9.17, 15) is 0 Å². The summed E-state index contributed by atoms with van der Waals surface area (Å²) in [6.45, 7) is 12.9. The van der Waals surface area contributed by atoms with Crippen LogP contribution < -0.4 is 23.5 Å². The van der Waals surface area contributed by atoms with Gasteiger partial charge in [-0.25, -0.2) is 23.2 Å². The molecule has 0 atom stereocenters. The zero-order chi connectivity index (χ0) is 24.0. The van der Waals surface area contributed by atoms with Gasteiger partial charge in [0.15, 0.2) is 5.71 Å². The zero-order valence-corrected chi connectivity index (χ0v) is 20.0. The van der Waals surface area contributed by atoms with Crippen molar-refractivity contribution in [2.75, 3.05) is 31.1 Å². The first kappa shape index (κ1) is 27.6. The maximum atomic E-state index is 8.49. The first-order chi connectivity index (χ1) is 15.2. The van der Waals surface area contributed by atoms with Crippen molar-refractivity contribution >= 4 is 17.5 Å². The number of hydrogen-bond acceptors (Lipinski definition) is 5. The molecule has 1 aliphatic rings. The summed E-state index contributed by atoms with van der Waals surface area (Å²) in [6.07, 6.45) is 19.3. The highest BCUT2D eigenvalue weighted by molar-refractivity contribution is 6.02. The SMILES string of the molecule is CCN(CC)c1ccc(C=CC=CC=C2C=CC(=[N+](CC)CC)C=C2)cc1.[O-][Cl+3]([O-])([O-])[O-]. The monoisotopic (exact) mass is 460 g/mol. The third-order valence-corrected chi connectivity index (χ3v) is 4.84. The van der Waals surface area contributed by atoms with E-state index in [1.54, 1.807) is 0 Å². The van der Waals surface area contributed by atoms with Gasteiger partial charge in [-0.2, -0.15) is 0 Å². The first-order valence-electron chi connectivity index (χ1n) is 10.7. The molecule has 0 unspecified atom stereocenters. The summed E-state index contributed by atoms with van der Waals surface area (Å²) in [4.78, 5) is 2.36. The van der Waals surface area contributed by atoms with Crippen LogP contribution in [-0.4, -0.2) is 36.5 Å². The molecule has 0 bridgehead atoms. The van der Waals surface area contributed by atoms with Crippen molar-refractivity contribution in [3.8, 4) is 0 Å². The van der Waals surface area contributed by atoms with Crippen molar-refractivity contribution in [3.05, 3.63) is 84.0 Å². The van der Waals surface area contributed by atoms with Crippen molar-refractivity contribution in [1.29, 1.82) is 0 Å². The number of nitrogens with zero attached hydrogens (tertiary/aromatic N) is 2. The van der Waals surface area contributed by atoms with E-state index in [0.29, 0.717) is 0 Å². The maximum Gasteiger partial charge on any atom is 0.199 e. The van der Waals surface area contributed by atoms with Crippen molar-refractivity contribution in [2.45, 2.75) is 27.7 Å². The third-order valence-electron chi connectivity index (χ3n) is 4.84. The minimum atomic E-state index is -4.94. The van der Waals surface area contributed by atoms with E-state index in [2.05, 4.69) is 116 Å². The molecule has 0 aliphatic heterocycles. The van der Waals surface area contributed by atoms with Gasteiger partial charge in [-0.1, -0.05) is 42.5 Å². The molecule has 0 aromatic heterocycles. The summed E-state index contributed by atoms with van der Waals surface area (Å²) in [7, 11) is -4.94. The Labute approximate surface area is 193 Å². The Balaban J connectivity index is 0.000000920. The molecule has 0 spiro atoms. The third kappa shape index (κ3) is 11.2. The fourth-order valence-corrected chi connectivity index (χ4v) is 3.17. The van der Waals surface area contributed by atoms with E-state index in [4.69, 9.17) is 18.6 Å². The standard InChI is InChI=1S/C25H33N2.ClHO4/c1-5-26(6-2)24-18-14-22(15-19-24)12-10-9-11-13-23-16-20-25(21-17-23)27(7-3)8-4;2-1(3,4)5/h9-21H,5-8H2,1-4H3;(H,2,3,4,5)/q+1;/p-1. The predicted molar refractivity (Wildman–Crippen MR) is 121 cm³/mol. The molecule has 0 fully saturated rings. The minimum Gasteiger partial charge on any atom is -0.372 e. The summed E-state index contributed by atoms with van der Waals surface area (Å²) in [6, 6.07) is 8.74. The Morgan fingerprint density at radius 1 is 0.781 bits per heavy atom. The van der Waals surface area contributed by atoms with Crippen molar-refractivity contribution < 1.29 is 33.5 Å². The van der Waals surface area contributed by atoms with Crippen LogP contribution in [0.3, 0.4) is 0 Å². The van der Waals surface area contributed by atoms with E-state index in [1.165, 1.54) is 22.5 Å². The number of anilines is 1. The van der Waals surface area contributed by atoms with Crippen LogP contribution in [0.5, 0.6) is 0 Å². The highest BCUT2D eigenvalue weighted by Gasteiger charge is 2.07. The highest BCUT2D eigenvalue weighted by atomic mass is 35.7. The molecule has 6 nitrogen and oxygen atoms in total. The van der Waals surface area contributed by atoms with Crippen molar-refractivity contribution in [1.82, 2.24) is 0 Å². The number of halogens is 1. The minimum absolute atomic E-state index is 1.04. The van der Waals surface area contributed by atoms with Gasteiger partial charge in [0.25, 0.3) is 0 Å². The van der Waals surface area contributed by atoms with Crippen LogP contribution in [0.4, 0.5) is 5.69 Å². The Hall–Kier alpha value is -2.48. The molecule has 7 heteroatoms. The van der Waals surface area contributed by atoms with E-state index in [-0.39, 0.29) is 0 Å². The Bertz CT molecular complexity index is 842. The second kappa shape index (κ2) is 14.6. The summed E-state index contributed by atoms with van der Waals surface area (Å²) < 4.78 is 36.3. The molecule has 0 N–H and O–H groups in total. The lowest BCUT2D eigenvalue weighted by Crippen LogP contribution is -2.68. The summed E-state index contributed by atoms with van der Waals surface area (Å²) in [5.74, 6) is 0. The first-order valence-corrected chi connectivity index (χ1v) is 11.9. The lowest BCUT2D eigenvalue weighted by molar-refractivity contribution is -2.00. The predicted octanol–water partition coefficient (Wildman–Crippen LogP) is 0.892. The molecule has 0 radical (unpaired) electrons. The number of benzene rings is 1. The average molecular weight is 461 g/mol. The molecule has 32 heavy (non-hydrogen) atoms. The van der Waals surface area contributed by atoms with E-state index < -0.39 is 10.2 Å². The van der Waals surface area contributed by atoms with Gasteiger partial charge >= 0.3 is 0 Å². The number of allylic oxidation sites excluding steroid dienone is 9. The van der Waals surface area contributed by atoms with Crippen LogP contribution in [0.1, 0.15) is 33.3 Å². The smallest absolute Gasteiger partial charge is 0.199 e. The molecular formula is C25H33ClN2O4. The molecule has 2 rings (SSSR count). The van der Waals surface area contributed by atoms with E-state index in [1.807, 2.05) is 0 Å². The Kier molecular flexibility index (Phi) is 12.5. The van der Waals surface area contributed by atoms with Crippen molar-refractivity contribution in [2.24, 2.45) is 0 Å².